The van der Waals surface area contributed by atoms with E-state index < -0.39 is 0 Å². The summed E-state index contributed by atoms with van der Waals surface area (Å²) >= 11 is 0. The van der Waals surface area contributed by atoms with Gasteiger partial charge in [-0.25, -0.2) is 4.98 Å². The molecule has 0 bridgehead atoms. The molecule has 1 fully saturated rings. The lowest BCUT2D eigenvalue weighted by Gasteiger charge is -2.25. The molecule has 2 heterocycles. The minimum atomic E-state index is 0.325. The fourth-order valence-corrected chi connectivity index (χ4v) is 2.61. The molecule has 1 aliphatic heterocycles. The Morgan fingerprint density at radius 3 is 2.75 bits per heavy atom. The van der Waals surface area contributed by atoms with E-state index >= 15 is 0 Å². The molecule has 0 spiro atoms. The molecule has 0 aromatic carbocycles. The van der Waals surface area contributed by atoms with Crippen LogP contribution in [-0.4, -0.2) is 68.4 Å². The predicted molar refractivity (Wildman–Crippen MR) is 78.4 cm³/mol. The molecule has 0 saturated carbocycles. The normalized spacial score (nSPS) is 23.1. The van der Waals surface area contributed by atoms with E-state index in [0.717, 1.165) is 25.2 Å². The predicted octanol–water partition coefficient (Wildman–Crippen LogP) is 0.949. The molecular formula is C14H24N4O2. The topological polar surface area (TPSA) is 50.7 Å². The second-order valence-electron chi connectivity index (χ2n) is 5.42. The van der Waals surface area contributed by atoms with Crippen molar-refractivity contribution in [2.75, 3.05) is 46.3 Å². The average Bonchev–Trinajstić information content (AvgIpc) is 2.78. The maximum Gasteiger partial charge on any atom is 0.228 e. The molecule has 1 saturated heterocycles. The number of likely N-dealkylation sites (tertiary alicyclic amines) is 1. The molecule has 6 nitrogen and oxygen atoms in total. The lowest BCUT2D eigenvalue weighted by Crippen LogP contribution is -2.37. The van der Waals surface area contributed by atoms with E-state index in [9.17, 15) is 0 Å². The Morgan fingerprint density at radius 1 is 1.40 bits per heavy atom. The van der Waals surface area contributed by atoms with Gasteiger partial charge in [0.25, 0.3) is 0 Å². The minimum absolute atomic E-state index is 0.325. The molecule has 0 unspecified atom stereocenters. The number of likely N-dealkylation sites (N-methyl/N-ethyl adjacent to an activating group) is 2. The van der Waals surface area contributed by atoms with Crippen molar-refractivity contribution in [1.82, 2.24) is 14.9 Å². The van der Waals surface area contributed by atoms with Gasteiger partial charge in [0.05, 0.1) is 13.2 Å². The van der Waals surface area contributed by atoms with Gasteiger partial charge in [0.2, 0.25) is 11.8 Å². The fraction of sp³-hybridized carbons (Fsp3) is 0.714. The number of aryl methyl sites for hydroxylation is 1. The third-order valence-corrected chi connectivity index (χ3v) is 3.84. The molecule has 0 amide bonds. The summed E-state index contributed by atoms with van der Waals surface area (Å²) in [5, 5.41) is 0. The number of rotatable bonds is 5. The molecule has 20 heavy (non-hydrogen) atoms. The van der Waals surface area contributed by atoms with Crippen molar-refractivity contribution >= 4 is 5.95 Å². The standard InChI is InChI=1S/C14H24N4O2/c1-10-6-13(20-5)16-14(15-10)18(3)8-11-7-12(19-4)9-17(11)2/h6,11-12H,7-9H2,1-5H3/t11-,12-/m0/s1. The summed E-state index contributed by atoms with van der Waals surface area (Å²) in [7, 11) is 7.55. The fourth-order valence-electron chi connectivity index (χ4n) is 2.61. The van der Waals surface area contributed by atoms with Gasteiger partial charge in [0, 0.05) is 45.0 Å². The maximum absolute atomic E-state index is 5.44. The lowest BCUT2D eigenvalue weighted by molar-refractivity contribution is 0.111. The van der Waals surface area contributed by atoms with Crippen LogP contribution in [0.2, 0.25) is 0 Å². The molecule has 0 aliphatic carbocycles. The zero-order chi connectivity index (χ0) is 14.7. The molecule has 112 valence electrons. The van der Waals surface area contributed by atoms with E-state index in [1.54, 1.807) is 14.2 Å². The van der Waals surface area contributed by atoms with Gasteiger partial charge in [0.15, 0.2) is 0 Å². The Bertz CT molecular complexity index is 455. The largest absolute Gasteiger partial charge is 0.481 e. The minimum Gasteiger partial charge on any atom is -0.481 e. The summed E-state index contributed by atoms with van der Waals surface area (Å²) in [6, 6.07) is 2.29. The Kier molecular flexibility index (Phi) is 4.77. The van der Waals surface area contributed by atoms with Crippen molar-refractivity contribution < 1.29 is 9.47 Å². The van der Waals surface area contributed by atoms with Crippen LogP contribution in [0.5, 0.6) is 5.88 Å². The summed E-state index contributed by atoms with van der Waals surface area (Å²) in [6.07, 6.45) is 1.37. The maximum atomic E-state index is 5.44. The van der Waals surface area contributed by atoms with E-state index in [1.165, 1.54) is 0 Å². The Labute approximate surface area is 120 Å². The number of aromatic nitrogens is 2. The molecule has 0 radical (unpaired) electrons. The van der Waals surface area contributed by atoms with Crippen LogP contribution in [0.4, 0.5) is 5.95 Å². The highest BCUT2D eigenvalue weighted by atomic mass is 16.5. The van der Waals surface area contributed by atoms with E-state index in [0.29, 0.717) is 24.0 Å². The average molecular weight is 280 g/mol. The van der Waals surface area contributed by atoms with E-state index in [1.807, 2.05) is 20.0 Å². The van der Waals surface area contributed by atoms with Gasteiger partial charge in [-0.3, -0.25) is 4.90 Å². The van der Waals surface area contributed by atoms with Gasteiger partial charge in [0.1, 0.15) is 0 Å². The quantitative estimate of drug-likeness (QED) is 0.800. The molecule has 1 aromatic heterocycles. The van der Waals surface area contributed by atoms with Crippen LogP contribution in [0.15, 0.2) is 6.07 Å². The summed E-state index contributed by atoms with van der Waals surface area (Å²) in [5.74, 6) is 1.31. The van der Waals surface area contributed by atoms with Gasteiger partial charge >= 0.3 is 0 Å². The Morgan fingerprint density at radius 2 is 2.15 bits per heavy atom. The number of nitrogens with zero attached hydrogens (tertiary/aromatic N) is 4. The molecule has 2 rings (SSSR count). The van der Waals surface area contributed by atoms with E-state index in [2.05, 4.69) is 26.8 Å². The van der Waals surface area contributed by atoms with Gasteiger partial charge in [-0.1, -0.05) is 0 Å². The molecule has 0 N–H and O–H groups in total. The number of anilines is 1. The van der Waals surface area contributed by atoms with Crippen LogP contribution in [0.3, 0.4) is 0 Å². The third-order valence-electron chi connectivity index (χ3n) is 3.84. The molecule has 2 atom stereocenters. The first-order valence-electron chi connectivity index (χ1n) is 6.87. The van der Waals surface area contributed by atoms with Crippen LogP contribution in [-0.2, 0) is 4.74 Å². The van der Waals surface area contributed by atoms with Gasteiger partial charge in [-0.2, -0.15) is 4.98 Å². The molecule has 6 heteroatoms. The van der Waals surface area contributed by atoms with Crippen molar-refractivity contribution in [3.05, 3.63) is 11.8 Å². The zero-order valence-corrected chi connectivity index (χ0v) is 13.0. The first kappa shape index (κ1) is 15.0. The smallest absolute Gasteiger partial charge is 0.228 e. The van der Waals surface area contributed by atoms with Gasteiger partial charge in [-0.05, 0) is 20.4 Å². The third kappa shape index (κ3) is 3.37. The number of methoxy groups -OCH3 is 2. The van der Waals surface area contributed by atoms with E-state index in [-0.39, 0.29) is 0 Å². The van der Waals surface area contributed by atoms with Crippen molar-refractivity contribution in [3.63, 3.8) is 0 Å². The van der Waals surface area contributed by atoms with E-state index in [4.69, 9.17) is 9.47 Å². The molecular weight excluding hydrogens is 256 g/mol. The van der Waals surface area contributed by atoms with Crippen LogP contribution in [0.25, 0.3) is 0 Å². The van der Waals surface area contributed by atoms with Crippen molar-refractivity contribution in [3.8, 4) is 5.88 Å². The van der Waals surface area contributed by atoms with Crippen LogP contribution >= 0.6 is 0 Å². The summed E-state index contributed by atoms with van der Waals surface area (Å²) in [4.78, 5) is 13.3. The molecule has 1 aliphatic rings. The lowest BCUT2D eigenvalue weighted by atomic mass is 10.2. The zero-order valence-electron chi connectivity index (χ0n) is 13.0. The first-order valence-corrected chi connectivity index (χ1v) is 6.87. The van der Waals surface area contributed by atoms with Crippen LogP contribution in [0.1, 0.15) is 12.1 Å². The van der Waals surface area contributed by atoms with Gasteiger partial charge < -0.3 is 14.4 Å². The summed E-state index contributed by atoms with van der Waals surface area (Å²) in [6.45, 7) is 3.81. The summed E-state index contributed by atoms with van der Waals surface area (Å²) in [5.41, 5.74) is 0.910. The SMILES string of the molecule is COc1cc(C)nc(N(C)C[C@@H]2C[C@H](OC)CN2C)n1. The van der Waals surface area contributed by atoms with Crippen LogP contribution < -0.4 is 9.64 Å². The second-order valence-corrected chi connectivity index (χ2v) is 5.42. The van der Waals surface area contributed by atoms with Crippen molar-refractivity contribution in [2.45, 2.75) is 25.5 Å². The number of hydrogen-bond donors (Lipinski definition) is 0. The van der Waals surface area contributed by atoms with Crippen molar-refractivity contribution in [1.29, 1.82) is 0 Å². The van der Waals surface area contributed by atoms with Crippen LogP contribution in [0, 0.1) is 6.92 Å². The van der Waals surface area contributed by atoms with Gasteiger partial charge in [-0.15, -0.1) is 0 Å². The number of ether oxygens (including phenoxy) is 2. The van der Waals surface area contributed by atoms with Crippen molar-refractivity contribution in [2.24, 2.45) is 0 Å². The highest BCUT2D eigenvalue weighted by Gasteiger charge is 2.30. The summed E-state index contributed by atoms with van der Waals surface area (Å²) < 4.78 is 10.6. The molecule has 1 aromatic rings. The Hall–Kier alpha value is -1.40. The Balaban J connectivity index is 2.04. The highest BCUT2D eigenvalue weighted by Crippen LogP contribution is 2.21. The second kappa shape index (κ2) is 6.37. The first-order chi connectivity index (χ1) is 9.53. The highest BCUT2D eigenvalue weighted by molar-refractivity contribution is 5.33. The monoisotopic (exact) mass is 280 g/mol. The number of hydrogen-bond acceptors (Lipinski definition) is 6.